The van der Waals surface area contributed by atoms with Crippen LogP contribution in [0.3, 0.4) is 0 Å². The van der Waals surface area contributed by atoms with Crippen LogP contribution in [0.25, 0.3) is 0 Å². The van der Waals surface area contributed by atoms with Crippen LogP contribution in [0.1, 0.15) is 60.8 Å². The molecular formula is C34H44N2O3. The van der Waals surface area contributed by atoms with Crippen LogP contribution >= 0.6 is 0 Å². The fourth-order valence-electron chi connectivity index (χ4n) is 6.15. The van der Waals surface area contributed by atoms with E-state index in [-0.39, 0.29) is 0 Å². The van der Waals surface area contributed by atoms with E-state index in [9.17, 15) is 0 Å². The van der Waals surface area contributed by atoms with E-state index in [1.807, 2.05) is 0 Å². The summed E-state index contributed by atoms with van der Waals surface area (Å²) in [4.78, 5) is 5.00. The van der Waals surface area contributed by atoms with E-state index in [1.54, 1.807) is 14.2 Å². The Labute approximate surface area is 234 Å². The van der Waals surface area contributed by atoms with Gasteiger partial charge in [0, 0.05) is 31.4 Å². The number of nitrogens with zero attached hydrogens (tertiary/aromatic N) is 2. The molecule has 208 valence electrons. The van der Waals surface area contributed by atoms with Gasteiger partial charge in [0.15, 0.2) is 0 Å². The van der Waals surface area contributed by atoms with Gasteiger partial charge in [0.2, 0.25) is 0 Å². The number of likely N-dealkylation sites (tertiary alicyclic amines) is 1. The zero-order valence-corrected chi connectivity index (χ0v) is 24.0. The van der Waals surface area contributed by atoms with Crippen molar-refractivity contribution in [3.8, 4) is 17.2 Å². The van der Waals surface area contributed by atoms with Gasteiger partial charge in [0.05, 0.1) is 14.2 Å². The summed E-state index contributed by atoms with van der Waals surface area (Å²) >= 11 is 0. The Morgan fingerprint density at radius 1 is 0.821 bits per heavy atom. The number of methoxy groups -OCH3 is 2. The van der Waals surface area contributed by atoms with Crippen molar-refractivity contribution >= 4 is 5.69 Å². The monoisotopic (exact) mass is 528 g/mol. The van der Waals surface area contributed by atoms with Crippen molar-refractivity contribution in [2.75, 3.05) is 51.9 Å². The molecule has 5 nitrogen and oxygen atoms in total. The number of fused-ring (bicyclic) bond motifs is 1. The number of benzene rings is 3. The van der Waals surface area contributed by atoms with Crippen molar-refractivity contribution in [3.05, 3.63) is 82.9 Å². The molecule has 0 saturated carbocycles. The average Bonchev–Trinajstić information content (AvgIpc) is 3.00. The number of ether oxygens (including phenoxy) is 3. The molecule has 3 aromatic carbocycles. The van der Waals surface area contributed by atoms with Crippen molar-refractivity contribution < 1.29 is 14.2 Å². The van der Waals surface area contributed by atoms with Crippen LogP contribution in [0.4, 0.5) is 5.69 Å². The Morgan fingerprint density at radius 2 is 1.54 bits per heavy atom. The van der Waals surface area contributed by atoms with Crippen molar-refractivity contribution in [2.45, 2.75) is 57.9 Å². The Balaban J connectivity index is 1.27. The van der Waals surface area contributed by atoms with Gasteiger partial charge in [-0.1, -0.05) is 30.7 Å². The van der Waals surface area contributed by atoms with Gasteiger partial charge < -0.3 is 19.1 Å². The average molecular weight is 529 g/mol. The number of piperidine rings is 1. The second kappa shape index (κ2) is 13.3. The van der Waals surface area contributed by atoms with Gasteiger partial charge in [-0.2, -0.15) is 0 Å². The standard InChI is InChI=1S/C34H44N2O3/c1-4-36(25-26-8-13-30(14-9-26)39-21-20-35-18-6-5-7-19-35)34-24-32(38-3)16-17-33(34)29-11-10-28-23-31(37-2)15-12-27(28)22-29/h8-9,12-17,23-24,29H,4-7,10-11,18-22,25H2,1-3H3. The summed E-state index contributed by atoms with van der Waals surface area (Å²) in [5.74, 6) is 3.30. The molecular weight excluding hydrogens is 484 g/mol. The topological polar surface area (TPSA) is 34.2 Å². The second-order valence-corrected chi connectivity index (χ2v) is 10.9. The lowest BCUT2D eigenvalue weighted by molar-refractivity contribution is 0.183. The molecule has 3 aromatic rings. The third kappa shape index (κ3) is 6.88. The summed E-state index contributed by atoms with van der Waals surface area (Å²) in [6, 6.07) is 21.8. The van der Waals surface area contributed by atoms with Crippen LogP contribution in [-0.2, 0) is 19.4 Å². The van der Waals surface area contributed by atoms with Crippen LogP contribution < -0.4 is 19.1 Å². The minimum Gasteiger partial charge on any atom is -0.497 e. The number of hydrogen-bond acceptors (Lipinski definition) is 5. The van der Waals surface area contributed by atoms with Gasteiger partial charge in [-0.3, -0.25) is 4.90 Å². The molecule has 0 N–H and O–H groups in total. The van der Waals surface area contributed by atoms with Crippen LogP contribution in [0.15, 0.2) is 60.7 Å². The zero-order valence-electron chi connectivity index (χ0n) is 24.0. The molecule has 1 saturated heterocycles. The highest BCUT2D eigenvalue weighted by Gasteiger charge is 2.25. The lowest BCUT2D eigenvalue weighted by Gasteiger charge is -2.32. The van der Waals surface area contributed by atoms with E-state index in [2.05, 4.69) is 77.4 Å². The molecule has 2 aliphatic rings. The minimum absolute atomic E-state index is 0.483. The first kappa shape index (κ1) is 27.4. The lowest BCUT2D eigenvalue weighted by atomic mass is 9.79. The van der Waals surface area contributed by atoms with Gasteiger partial charge >= 0.3 is 0 Å². The molecule has 0 radical (unpaired) electrons. The Bertz CT molecular complexity index is 1200. The Morgan fingerprint density at radius 3 is 2.28 bits per heavy atom. The van der Waals surface area contributed by atoms with Gasteiger partial charge in [-0.15, -0.1) is 0 Å². The second-order valence-electron chi connectivity index (χ2n) is 10.9. The number of hydrogen-bond donors (Lipinski definition) is 0. The summed E-state index contributed by atoms with van der Waals surface area (Å²) in [5.41, 5.74) is 6.84. The maximum absolute atomic E-state index is 6.07. The Hall–Kier alpha value is -3.18. The van der Waals surface area contributed by atoms with Crippen LogP contribution in [0, 0.1) is 0 Å². The van der Waals surface area contributed by atoms with Crippen molar-refractivity contribution in [1.29, 1.82) is 0 Å². The summed E-state index contributed by atoms with van der Waals surface area (Å²) in [6.45, 7) is 8.21. The highest BCUT2D eigenvalue weighted by atomic mass is 16.5. The quantitative estimate of drug-likeness (QED) is 0.271. The molecule has 1 aliphatic carbocycles. The Kier molecular flexibility index (Phi) is 9.31. The third-order valence-corrected chi connectivity index (χ3v) is 8.46. The van der Waals surface area contributed by atoms with Gasteiger partial charge in [-0.05, 0) is 111 Å². The number of aryl methyl sites for hydroxylation is 1. The number of rotatable bonds is 11. The molecule has 1 heterocycles. The fourth-order valence-corrected chi connectivity index (χ4v) is 6.15. The molecule has 1 unspecified atom stereocenters. The van der Waals surface area contributed by atoms with Crippen LogP contribution in [0.2, 0.25) is 0 Å². The summed E-state index contributed by atoms with van der Waals surface area (Å²) in [6.07, 6.45) is 7.28. The van der Waals surface area contributed by atoms with E-state index in [4.69, 9.17) is 14.2 Å². The van der Waals surface area contributed by atoms with Crippen molar-refractivity contribution in [3.63, 3.8) is 0 Å². The van der Waals surface area contributed by atoms with E-state index in [1.165, 1.54) is 60.3 Å². The summed E-state index contributed by atoms with van der Waals surface area (Å²) in [7, 11) is 3.50. The maximum Gasteiger partial charge on any atom is 0.120 e. The fraction of sp³-hybridized carbons (Fsp3) is 0.471. The van der Waals surface area contributed by atoms with Gasteiger partial charge in [0.1, 0.15) is 23.9 Å². The molecule has 0 aromatic heterocycles. The summed E-state index contributed by atoms with van der Waals surface area (Å²) < 4.78 is 17.2. The minimum atomic E-state index is 0.483. The molecule has 0 spiro atoms. The predicted octanol–water partition coefficient (Wildman–Crippen LogP) is 6.87. The third-order valence-electron chi connectivity index (χ3n) is 8.46. The van der Waals surface area contributed by atoms with Crippen molar-refractivity contribution in [1.82, 2.24) is 4.90 Å². The number of anilines is 1. The largest absolute Gasteiger partial charge is 0.497 e. The molecule has 39 heavy (non-hydrogen) atoms. The molecule has 0 amide bonds. The molecule has 1 atom stereocenters. The van der Waals surface area contributed by atoms with E-state index in [0.717, 1.165) is 62.8 Å². The van der Waals surface area contributed by atoms with Gasteiger partial charge in [-0.25, -0.2) is 0 Å². The summed E-state index contributed by atoms with van der Waals surface area (Å²) in [5, 5.41) is 0. The molecule has 5 rings (SSSR count). The normalized spacial score (nSPS) is 17.4. The van der Waals surface area contributed by atoms with Crippen molar-refractivity contribution in [2.24, 2.45) is 0 Å². The van der Waals surface area contributed by atoms with Crippen LogP contribution in [-0.4, -0.2) is 51.9 Å². The smallest absolute Gasteiger partial charge is 0.120 e. The first-order valence-electron chi connectivity index (χ1n) is 14.7. The molecule has 0 bridgehead atoms. The van der Waals surface area contributed by atoms with E-state index in [0.29, 0.717) is 5.92 Å². The SMILES string of the molecule is CCN(Cc1ccc(OCCN2CCCCC2)cc1)c1cc(OC)ccc1C1CCc2cc(OC)ccc2C1. The molecule has 1 fully saturated rings. The van der Waals surface area contributed by atoms with Gasteiger partial charge in [0.25, 0.3) is 0 Å². The van der Waals surface area contributed by atoms with E-state index >= 15 is 0 Å². The first-order valence-corrected chi connectivity index (χ1v) is 14.7. The van der Waals surface area contributed by atoms with E-state index < -0.39 is 0 Å². The zero-order chi connectivity index (χ0) is 27.0. The molecule has 1 aliphatic heterocycles. The highest BCUT2D eigenvalue weighted by Crippen LogP contribution is 2.40. The molecule has 5 heteroatoms. The lowest BCUT2D eigenvalue weighted by Crippen LogP contribution is -2.33. The highest BCUT2D eigenvalue weighted by molar-refractivity contribution is 5.60. The predicted molar refractivity (Wildman–Crippen MR) is 160 cm³/mol. The maximum atomic E-state index is 6.07. The van der Waals surface area contributed by atoms with Crippen LogP contribution in [0.5, 0.6) is 17.2 Å². The first-order chi connectivity index (χ1) is 19.2.